The molecule has 1 amide bonds. The summed E-state index contributed by atoms with van der Waals surface area (Å²) in [6, 6.07) is 7.67. The Hall–Kier alpha value is -3.75. The number of carbonyl (C=O) groups is 1. The quantitative estimate of drug-likeness (QED) is 0.557. The molecular weight excluding hydrogens is 382 g/mol. The Bertz CT molecular complexity index is 1220. The summed E-state index contributed by atoms with van der Waals surface area (Å²) in [5.74, 6) is 0.867. The number of fused-ring (bicyclic) bond motifs is 1. The first kappa shape index (κ1) is 18.3. The van der Waals surface area contributed by atoms with Gasteiger partial charge < -0.3 is 15.2 Å². The summed E-state index contributed by atoms with van der Waals surface area (Å²) in [6.07, 6.45) is 5.67. The van der Waals surface area contributed by atoms with Gasteiger partial charge in [0, 0.05) is 37.0 Å². The van der Waals surface area contributed by atoms with Crippen LogP contribution in [0.1, 0.15) is 30.1 Å². The minimum Gasteiger partial charge on any atom is -0.379 e. The van der Waals surface area contributed by atoms with Crippen LogP contribution in [0.4, 0.5) is 5.82 Å². The van der Waals surface area contributed by atoms with Crippen molar-refractivity contribution in [3.05, 3.63) is 42.2 Å². The molecule has 3 aromatic heterocycles. The lowest BCUT2D eigenvalue weighted by Gasteiger charge is -2.15. The van der Waals surface area contributed by atoms with Gasteiger partial charge in [-0.3, -0.25) is 9.78 Å². The molecule has 0 spiro atoms. The summed E-state index contributed by atoms with van der Waals surface area (Å²) < 4.78 is 6.78. The van der Waals surface area contributed by atoms with Gasteiger partial charge in [0.25, 0.3) is 5.91 Å². The number of likely N-dealkylation sites (tertiary alicyclic amines) is 1. The van der Waals surface area contributed by atoms with E-state index in [1.54, 1.807) is 6.20 Å². The fourth-order valence-corrected chi connectivity index (χ4v) is 4.03. The lowest BCUT2D eigenvalue weighted by atomic mass is 10.0. The molecule has 1 aliphatic rings. The van der Waals surface area contributed by atoms with E-state index in [1.807, 2.05) is 46.9 Å². The first-order chi connectivity index (χ1) is 14.7. The maximum absolute atomic E-state index is 12.6. The number of hydrogen-bond acceptors (Lipinski definition) is 7. The van der Waals surface area contributed by atoms with Gasteiger partial charge in [0.1, 0.15) is 5.52 Å². The van der Waals surface area contributed by atoms with Crippen LogP contribution in [0.3, 0.4) is 0 Å². The highest BCUT2D eigenvalue weighted by Gasteiger charge is 2.22. The first-order valence-electron chi connectivity index (χ1n) is 9.99. The van der Waals surface area contributed by atoms with Gasteiger partial charge in [-0.25, -0.2) is 9.61 Å². The van der Waals surface area contributed by atoms with Crippen molar-refractivity contribution in [1.29, 1.82) is 0 Å². The van der Waals surface area contributed by atoms with E-state index in [0.29, 0.717) is 23.6 Å². The van der Waals surface area contributed by atoms with Gasteiger partial charge in [-0.15, -0.1) is 0 Å². The number of nitrogen functional groups attached to an aromatic ring is 1. The minimum atomic E-state index is 0.0882. The zero-order chi connectivity index (χ0) is 20.7. The summed E-state index contributed by atoms with van der Waals surface area (Å²) in [7, 11) is 0. The van der Waals surface area contributed by atoms with Crippen LogP contribution in [-0.2, 0) is 6.54 Å². The molecule has 1 aromatic carbocycles. The number of amides is 1. The SMILES string of the molecule is CCn1c(-c2nonc2N)nc2cncc(-c3ccc(C(=O)N4CCCC4)cc3)c21. The highest BCUT2D eigenvalue weighted by Crippen LogP contribution is 2.33. The Balaban J connectivity index is 1.58. The van der Waals surface area contributed by atoms with E-state index in [9.17, 15) is 4.79 Å². The van der Waals surface area contributed by atoms with Crippen LogP contribution in [0.2, 0.25) is 0 Å². The average molecular weight is 403 g/mol. The molecular formula is C21H21N7O2. The molecule has 0 saturated carbocycles. The number of imidazole rings is 1. The second-order valence-corrected chi connectivity index (χ2v) is 7.31. The van der Waals surface area contributed by atoms with Crippen LogP contribution in [0.15, 0.2) is 41.3 Å². The maximum Gasteiger partial charge on any atom is 0.253 e. The van der Waals surface area contributed by atoms with Crippen LogP contribution in [0, 0.1) is 0 Å². The lowest BCUT2D eigenvalue weighted by molar-refractivity contribution is 0.0793. The lowest BCUT2D eigenvalue weighted by Crippen LogP contribution is -2.27. The van der Waals surface area contributed by atoms with Crippen molar-refractivity contribution < 1.29 is 9.42 Å². The molecule has 0 aliphatic carbocycles. The summed E-state index contributed by atoms with van der Waals surface area (Å²) in [5, 5.41) is 7.57. The predicted molar refractivity (Wildman–Crippen MR) is 111 cm³/mol. The maximum atomic E-state index is 12.6. The van der Waals surface area contributed by atoms with Crippen LogP contribution in [0.5, 0.6) is 0 Å². The predicted octanol–water partition coefficient (Wildman–Crippen LogP) is 2.99. The third kappa shape index (κ3) is 2.90. The standard InChI is InChI=1S/C21H21N7O2/c1-2-28-18-15(11-23-12-16(18)24-20(28)17-19(22)26-30-25-17)13-5-7-14(8-6-13)21(29)27-9-3-4-10-27/h5-8,11-12H,2-4,9-10H2,1H3,(H2,22,26). The molecule has 0 bridgehead atoms. The summed E-state index contributed by atoms with van der Waals surface area (Å²) in [4.78, 5) is 23.6. The normalized spacial score (nSPS) is 14.0. The Labute approximate surface area is 172 Å². The second-order valence-electron chi connectivity index (χ2n) is 7.31. The average Bonchev–Trinajstić information content (AvgIpc) is 3.52. The molecule has 9 heteroatoms. The number of rotatable bonds is 4. The number of pyridine rings is 1. The van der Waals surface area contributed by atoms with Crippen LogP contribution < -0.4 is 5.73 Å². The van der Waals surface area contributed by atoms with E-state index in [4.69, 9.17) is 10.4 Å². The number of nitrogens with two attached hydrogens (primary N) is 1. The van der Waals surface area contributed by atoms with Crippen LogP contribution in [0.25, 0.3) is 33.7 Å². The Morgan fingerprint density at radius 3 is 2.57 bits per heavy atom. The number of benzene rings is 1. The van der Waals surface area contributed by atoms with E-state index < -0.39 is 0 Å². The summed E-state index contributed by atoms with van der Waals surface area (Å²) in [5.41, 5.74) is 10.5. The largest absolute Gasteiger partial charge is 0.379 e. The van der Waals surface area contributed by atoms with E-state index in [1.165, 1.54) is 0 Å². The van der Waals surface area contributed by atoms with Gasteiger partial charge in [-0.1, -0.05) is 12.1 Å². The van der Waals surface area contributed by atoms with E-state index >= 15 is 0 Å². The van der Waals surface area contributed by atoms with Crippen molar-refractivity contribution >= 4 is 22.8 Å². The van der Waals surface area contributed by atoms with Crippen LogP contribution in [-0.4, -0.2) is 48.7 Å². The first-order valence-corrected chi connectivity index (χ1v) is 9.99. The Kier molecular flexibility index (Phi) is 4.42. The van der Waals surface area contributed by atoms with Crippen molar-refractivity contribution in [3.63, 3.8) is 0 Å². The van der Waals surface area contributed by atoms with Crippen molar-refractivity contribution in [1.82, 2.24) is 29.7 Å². The Morgan fingerprint density at radius 1 is 1.13 bits per heavy atom. The summed E-state index contributed by atoms with van der Waals surface area (Å²) in [6.45, 7) is 4.35. The molecule has 1 saturated heterocycles. The number of aromatic nitrogens is 5. The van der Waals surface area contributed by atoms with Gasteiger partial charge in [-0.05, 0) is 47.8 Å². The number of hydrogen-bond donors (Lipinski definition) is 1. The smallest absolute Gasteiger partial charge is 0.253 e. The molecule has 4 aromatic rings. The monoisotopic (exact) mass is 403 g/mol. The van der Waals surface area contributed by atoms with Crippen molar-refractivity contribution in [2.75, 3.05) is 18.8 Å². The van der Waals surface area contributed by atoms with Gasteiger partial charge >= 0.3 is 0 Å². The highest BCUT2D eigenvalue weighted by atomic mass is 16.6. The van der Waals surface area contributed by atoms with Gasteiger partial charge in [0.2, 0.25) is 0 Å². The molecule has 9 nitrogen and oxygen atoms in total. The molecule has 0 atom stereocenters. The molecule has 30 heavy (non-hydrogen) atoms. The van der Waals surface area contributed by atoms with E-state index in [0.717, 1.165) is 48.1 Å². The molecule has 0 unspecified atom stereocenters. The molecule has 1 aliphatic heterocycles. The number of anilines is 1. The molecule has 5 rings (SSSR count). The third-order valence-electron chi connectivity index (χ3n) is 5.53. The van der Waals surface area contributed by atoms with Gasteiger partial charge in [0.05, 0.1) is 11.7 Å². The Morgan fingerprint density at radius 2 is 1.90 bits per heavy atom. The highest BCUT2D eigenvalue weighted by molar-refractivity contribution is 5.97. The number of nitrogens with zero attached hydrogens (tertiary/aromatic N) is 6. The molecule has 152 valence electrons. The minimum absolute atomic E-state index is 0.0882. The zero-order valence-corrected chi connectivity index (χ0v) is 16.6. The van der Waals surface area contributed by atoms with Gasteiger partial charge in [-0.2, -0.15) is 0 Å². The molecule has 4 heterocycles. The fourth-order valence-electron chi connectivity index (χ4n) is 4.03. The van der Waals surface area contributed by atoms with E-state index in [2.05, 4.69) is 20.3 Å². The number of carbonyl (C=O) groups excluding carboxylic acids is 1. The fraction of sp³-hybridized carbons (Fsp3) is 0.286. The zero-order valence-electron chi connectivity index (χ0n) is 16.6. The van der Waals surface area contributed by atoms with Crippen molar-refractivity contribution in [2.24, 2.45) is 0 Å². The topological polar surface area (TPSA) is 116 Å². The van der Waals surface area contributed by atoms with E-state index in [-0.39, 0.29) is 11.7 Å². The third-order valence-corrected chi connectivity index (χ3v) is 5.53. The molecule has 0 radical (unpaired) electrons. The molecule has 1 fully saturated rings. The van der Waals surface area contributed by atoms with Gasteiger partial charge in [0.15, 0.2) is 17.3 Å². The summed E-state index contributed by atoms with van der Waals surface area (Å²) >= 11 is 0. The number of aryl methyl sites for hydroxylation is 1. The van der Waals surface area contributed by atoms with Crippen molar-refractivity contribution in [3.8, 4) is 22.6 Å². The molecule has 2 N–H and O–H groups in total. The second kappa shape index (κ2) is 7.25. The van der Waals surface area contributed by atoms with Crippen molar-refractivity contribution in [2.45, 2.75) is 26.3 Å². The van der Waals surface area contributed by atoms with Crippen LogP contribution >= 0.6 is 0 Å².